The number of rotatable bonds is 3. The van der Waals surface area contributed by atoms with Gasteiger partial charge in [-0.05, 0) is 18.9 Å². The Hall–Kier alpha value is 0.200. The lowest BCUT2D eigenvalue weighted by atomic mass is 9.99. The summed E-state index contributed by atoms with van der Waals surface area (Å²) in [5, 5.41) is 0. The van der Waals surface area contributed by atoms with Crippen molar-refractivity contribution in [3.05, 3.63) is 0 Å². The molecule has 2 heteroatoms. The maximum atomic E-state index is 6.34. The molecular weight excluding hydrogens is 188 g/mol. The predicted octanol–water partition coefficient (Wildman–Crippen LogP) is 3.64. The summed E-state index contributed by atoms with van der Waals surface area (Å²) in [6, 6.07) is 0. The summed E-state index contributed by atoms with van der Waals surface area (Å²) in [6.07, 6.45) is 10.6. The molecule has 0 bridgehead atoms. The molecule has 0 nitrogen and oxygen atoms in total. The van der Waals surface area contributed by atoms with Gasteiger partial charge in [-0.15, -0.1) is 12.3 Å². The molecule has 0 N–H and O–H groups in total. The second-order valence-corrected chi connectivity index (χ2v) is 10.1. The fourth-order valence-corrected chi connectivity index (χ4v) is 1.83. The molecule has 0 radical (unpaired) electrons. The molecule has 0 fully saturated rings. The molecule has 0 spiro atoms. The van der Waals surface area contributed by atoms with Gasteiger partial charge < -0.3 is 0 Å². The molecule has 1 atom stereocenters. The van der Waals surface area contributed by atoms with Crippen molar-refractivity contribution in [1.29, 1.82) is 0 Å². The van der Waals surface area contributed by atoms with Crippen LogP contribution < -0.4 is 0 Å². The molecule has 0 heterocycles. The third-order valence-corrected chi connectivity index (χ3v) is 6.44. The summed E-state index contributed by atoms with van der Waals surface area (Å²) in [4.78, 5) is 0. The number of hydrogen-bond donors (Lipinski definition) is 0. The predicted molar refractivity (Wildman–Crippen MR) is 62.0 cm³/mol. The molecule has 0 rings (SSSR count). The van der Waals surface area contributed by atoms with E-state index in [-0.39, 0.29) is 4.75 Å². The highest BCUT2D eigenvalue weighted by Gasteiger charge is 2.31. The minimum absolute atomic E-state index is 0.167. The number of halogens is 1. The molecule has 12 heavy (non-hydrogen) atoms. The SMILES string of the molecule is C#CC(C)CC(C)(C)S(C)(C)Cl. The van der Waals surface area contributed by atoms with Crippen molar-refractivity contribution in [1.82, 2.24) is 0 Å². The van der Waals surface area contributed by atoms with Crippen LogP contribution in [0.15, 0.2) is 0 Å². The van der Waals surface area contributed by atoms with Crippen LogP contribution in [0.3, 0.4) is 0 Å². The van der Waals surface area contributed by atoms with Gasteiger partial charge >= 0.3 is 0 Å². The first kappa shape index (κ1) is 12.2. The lowest BCUT2D eigenvalue weighted by molar-refractivity contribution is 0.551. The first-order valence-corrected chi connectivity index (χ1v) is 7.37. The van der Waals surface area contributed by atoms with E-state index in [9.17, 15) is 0 Å². The maximum Gasteiger partial charge on any atom is 0.0184 e. The van der Waals surface area contributed by atoms with Crippen LogP contribution in [-0.4, -0.2) is 17.3 Å². The summed E-state index contributed by atoms with van der Waals surface area (Å²) in [5.74, 6) is 3.07. The molecule has 72 valence electrons. The van der Waals surface area contributed by atoms with Crippen LogP contribution in [0.1, 0.15) is 27.2 Å². The minimum atomic E-state index is -1.03. The Kier molecular flexibility index (Phi) is 4.00. The van der Waals surface area contributed by atoms with E-state index in [4.69, 9.17) is 17.1 Å². The van der Waals surface area contributed by atoms with E-state index < -0.39 is 9.24 Å². The van der Waals surface area contributed by atoms with Crippen LogP contribution in [0.4, 0.5) is 0 Å². The van der Waals surface area contributed by atoms with Gasteiger partial charge in [-0.3, -0.25) is 0 Å². The minimum Gasteiger partial charge on any atom is -0.164 e. The molecule has 0 aromatic carbocycles. The van der Waals surface area contributed by atoms with Gasteiger partial charge in [0.05, 0.1) is 0 Å². The van der Waals surface area contributed by atoms with E-state index in [0.717, 1.165) is 6.42 Å². The zero-order valence-electron chi connectivity index (χ0n) is 8.65. The smallest absolute Gasteiger partial charge is 0.0184 e. The van der Waals surface area contributed by atoms with Crippen molar-refractivity contribution in [3.63, 3.8) is 0 Å². The summed E-state index contributed by atoms with van der Waals surface area (Å²) >= 11 is 0. The van der Waals surface area contributed by atoms with Gasteiger partial charge in [0.15, 0.2) is 0 Å². The second kappa shape index (κ2) is 3.94. The molecule has 0 amide bonds. The van der Waals surface area contributed by atoms with Crippen molar-refractivity contribution in [3.8, 4) is 12.3 Å². The Morgan fingerprint density at radius 1 is 1.50 bits per heavy atom. The van der Waals surface area contributed by atoms with Crippen molar-refractivity contribution in [2.24, 2.45) is 5.92 Å². The van der Waals surface area contributed by atoms with Crippen LogP contribution in [0.25, 0.3) is 0 Å². The highest BCUT2D eigenvalue weighted by Crippen LogP contribution is 2.59. The largest absolute Gasteiger partial charge is 0.164 e. The molecule has 0 aliphatic heterocycles. The van der Waals surface area contributed by atoms with Crippen LogP contribution >= 0.6 is 19.9 Å². The van der Waals surface area contributed by atoms with Crippen LogP contribution in [0, 0.1) is 18.3 Å². The van der Waals surface area contributed by atoms with E-state index in [1.807, 2.05) is 0 Å². The molecule has 0 aromatic heterocycles. The van der Waals surface area contributed by atoms with Gasteiger partial charge in [0.25, 0.3) is 0 Å². The second-order valence-electron chi connectivity index (χ2n) is 4.23. The van der Waals surface area contributed by atoms with Crippen molar-refractivity contribution < 1.29 is 0 Å². The zero-order chi connectivity index (χ0) is 9.99. The molecular formula is C10H19ClS. The maximum absolute atomic E-state index is 6.34. The summed E-state index contributed by atoms with van der Waals surface area (Å²) in [6.45, 7) is 6.47. The quantitative estimate of drug-likeness (QED) is 0.619. The summed E-state index contributed by atoms with van der Waals surface area (Å²) < 4.78 is 0.167. The standard InChI is InChI=1S/C10H19ClS/c1-7-9(2)8-10(3,4)12(5,6)11/h1,9H,8H2,2-6H3. The molecule has 1 unspecified atom stereocenters. The highest BCUT2D eigenvalue weighted by atomic mass is 35.7. The van der Waals surface area contributed by atoms with Gasteiger partial charge in [0.1, 0.15) is 0 Å². The first-order valence-electron chi connectivity index (χ1n) is 4.09. The van der Waals surface area contributed by atoms with E-state index in [2.05, 4.69) is 39.2 Å². The third kappa shape index (κ3) is 3.29. The fourth-order valence-electron chi connectivity index (χ4n) is 0.994. The lowest BCUT2D eigenvalue weighted by Crippen LogP contribution is -2.26. The lowest BCUT2D eigenvalue weighted by Gasteiger charge is -2.42. The van der Waals surface area contributed by atoms with Gasteiger partial charge in [-0.25, -0.2) is 0 Å². The van der Waals surface area contributed by atoms with Crippen molar-refractivity contribution in [2.75, 3.05) is 12.5 Å². The van der Waals surface area contributed by atoms with Crippen molar-refractivity contribution in [2.45, 2.75) is 31.9 Å². The van der Waals surface area contributed by atoms with E-state index >= 15 is 0 Å². The molecule has 0 aromatic rings. The third-order valence-electron chi connectivity index (χ3n) is 2.40. The highest BCUT2D eigenvalue weighted by molar-refractivity contribution is 8.51. The monoisotopic (exact) mass is 206 g/mol. The van der Waals surface area contributed by atoms with Crippen LogP contribution in [0.2, 0.25) is 0 Å². The van der Waals surface area contributed by atoms with E-state index in [0.29, 0.717) is 5.92 Å². The summed E-state index contributed by atoms with van der Waals surface area (Å²) in [5.41, 5.74) is 0. The summed E-state index contributed by atoms with van der Waals surface area (Å²) in [7, 11) is 5.31. The van der Waals surface area contributed by atoms with Gasteiger partial charge in [-0.2, -0.15) is 9.24 Å². The number of hydrogen-bond acceptors (Lipinski definition) is 0. The average molecular weight is 207 g/mol. The van der Waals surface area contributed by atoms with Gasteiger partial charge in [-0.1, -0.05) is 31.5 Å². The van der Waals surface area contributed by atoms with E-state index in [1.54, 1.807) is 0 Å². The van der Waals surface area contributed by atoms with Crippen molar-refractivity contribution >= 4 is 19.9 Å². The fraction of sp³-hybridized carbons (Fsp3) is 0.800. The van der Waals surface area contributed by atoms with E-state index in [1.165, 1.54) is 0 Å². The molecule has 0 aliphatic carbocycles. The Labute approximate surface area is 82.9 Å². The Bertz CT molecular complexity index is 183. The average Bonchev–Trinajstić information content (AvgIpc) is 1.84. The Morgan fingerprint density at radius 2 is 1.92 bits per heavy atom. The Morgan fingerprint density at radius 3 is 2.17 bits per heavy atom. The van der Waals surface area contributed by atoms with Crippen LogP contribution in [0.5, 0.6) is 0 Å². The molecule has 0 aliphatic rings. The van der Waals surface area contributed by atoms with Gasteiger partial charge in [0.2, 0.25) is 0 Å². The molecule has 0 saturated heterocycles. The first-order chi connectivity index (χ1) is 5.20. The van der Waals surface area contributed by atoms with Crippen LogP contribution in [-0.2, 0) is 0 Å². The molecule has 0 saturated carbocycles. The van der Waals surface area contributed by atoms with Gasteiger partial charge in [0, 0.05) is 10.7 Å². The Balaban J connectivity index is 4.35. The zero-order valence-corrected chi connectivity index (χ0v) is 10.2. The normalized spacial score (nSPS) is 16.8. The number of terminal acetylenes is 1. The topological polar surface area (TPSA) is 0 Å².